The number of hydrogen-bond acceptors (Lipinski definition) is 5. The second kappa shape index (κ2) is 3.74. The number of fused-ring (bicyclic) bond motifs is 2. The van der Waals surface area contributed by atoms with Crippen LogP contribution in [-0.4, -0.2) is 21.1 Å². The van der Waals surface area contributed by atoms with E-state index < -0.39 is 0 Å². The van der Waals surface area contributed by atoms with Gasteiger partial charge in [-0.1, -0.05) is 0 Å². The highest BCUT2D eigenvalue weighted by atomic mass is 16.4. The molecule has 0 unspecified atom stereocenters. The van der Waals surface area contributed by atoms with Crippen molar-refractivity contribution >= 4 is 22.8 Å². The summed E-state index contributed by atoms with van der Waals surface area (Å²) in [6.07, 6.45) is 3.82. The van der Waals surface area contributed by atoms with Crippen molar-refractivity contribution < 1.29 is 4.42 Å². The summed E-state index contributed by atoms with van der Waals surface area (Å²) in [6, 6.07) is 6.14. The van der Waals surface area contributed by atoms with E-state index in [2.05, 4.69) is 19.4 Å². The minimum Gasteiger partial charge on any atom is -0.423 e. The number of benzene rings is 1. The van der Waals surface area contributed by atoms with Gasteiger partial charge in [0.25, 0.3) is 6.01 Å². The van der Waals surface area contributed by atoms with Crippen LogP contribution in [0.3, 0.4) is 0 Å². The summed E-state index contributed by atoms with van der Waals surface area (Å²) in [5, 5.41) is 0. The summed E-state index contributed by atoms with van der Waals surface area (Å²) in [5.41, 5.74) is 7.99. The smallest absolute Gasteiger partial charge is 0.298 e. The van der Waals surface area contributed by atoms with E-state index in [9.17, 15) is 0 Å². The molecule has 1 aliphatic heterocycles. The number of nitrogens with zero attached hydrogens (tertiary/aromatic N) is 4. The first-order chi connectivity index (χ1) is 9.29. The topological polar surface area (TPSA) is 73.1 Å². The van der Waals surface area contributed by atoms with Crippen LogP contribution in [0.2, 0.25) is 0 Å². The van der Waals surface area contributed by atoms with Crippen LogP contribution >= 0.6 is 0 Å². The lowest BCUT2D eigenvalue weighted by Crippen LogP contribution is -2.33. The zero-order valence-electron chi connectivity index (χ0n) is 10.3. The lowest BCUT2D eigenvalue weighted by atomic mass is 10.3. The van der Waals surface area contributed by atoms with Gasteiger partial charge in [-0.3, -0.25) is 0 Å². The fourth-order valence-electron chi connectivity index (χ4n) is 2.40. The number of anilines is 2. The van der Waals surface area contributed by atoms with Gasteiger partial charge in [-0.05, 0) is 12.1 Å². The van der Waals surface area contributed by atoms with Crippen LogP contribution in [0, 0.1) is 0 Å². The van der Waals surface area contributed by atoms with E-state index >= 15 is 0 Å². The molecule has 3 aromatic rings. The van der Waals surface area contributed by atoms with E-state index in [4.69, 9.17) is 10.2 Å². The maximum Gasteiger partial charge on any atom is 0.298 e. The predicted molar refractivity (Wildman–Crippen MR) is 71.7 cm³/mol. The van der Waals surface area contributed by atoms with Gasteiger partial charge in [0.05, 0.1) is 6.54 Å². The molecule has 6 nitrogen and oxygen atoms in total. The molecule has 0 radical (unpaired) electrons. The van der Waals surface area contributed by atoms with Gasteiger partial charge in [-0.2, -0.15) is 4.98 Å². The van der Waals surface area contributed by atoms with Gasteiger partial charge in [-0.15, -0.1) is 0 Å². The lowest BCUT2D eigenvalue weighted by molar-refractivity contribution is 0.500. The summed E-state index contributed by atoms with van der Waals surface area (Å²) in [5.74, 6) is 1.04. The highest BCUT2D eigenvalue weighted by molar-refractivity contribution is 5.78. The second-order valence-corrected chi connectivity index (χ2v) is 4.68. The molecule has 0 saturated heterocycles. The second-order valence-electron chi connectivity index (χ2n) is 4.68. The van der Waals surface area contributed by atoms with E-state index in [-0.39, 0.29) is 0 Å². The number of nitrogens with two attached hydrogens (primary N) is 1. The van der Waals surface area contributed by atoms with Gasteiger partial charge in [0.2, 0.25) is 0 Å². The van der Waals surface area contributed by atoms with E-state index in [1.54, 1.807) is 6.07 Å². The molecule has 2 N–H and O–H groups in total. The number of oxazole rings is 1. The fraction of sp³-hybridized carbons (Fsp3) is 0.231. The molecule has 1 aromatic carbocycles. The van der Waals surface area contributed by atoms with Gasteiger partial charge in [0.15, 0.2) is 5.58 Å². The van der Waals surface area contributed by atoms with Crippen molar-refractivity contribution in [2.45, 2.75) is 13.1 Å². The van der Waals surface area contributed by atoms with Gasteiger partial charge in [-0.25, -0.2) is 4.98 Å². The Morgan fingerprint density at radius 1 is 1.26 bits per heavy atom. The molecule has 0 saturated carbocycles. The molecular weight excluding hydrogens is 242 g/mol. The Morgan fingerprint density at radius 2 is 2.21 bits per heavy atom. The highest BCUT2D eigenvalue weighted by Crippen LogP contribution is 2.25. The van der Waals surface area contributed by atoms with Crippen molar-refractivity contribution in [2.24, 2.45) is 0 Å². The third-order valence-electron chi connectivity index (χ3n) is 3.42. The minimum atomic E-state index is 0.634. The van der Waals surface area contributed by atoms with Crippen LogP contribution < -0.4 is 10.6 Å². The highest BCUT2D eigenvalue weighted by Gasteiger charge is 2.21. The van der Waals surface area contributed by atoms with Gasteiger partial charge < -0.3 is 19.6 Å². The molecule has 0 fully saturated rings. The normalized spacial score (nSPS) is 14.8. The minimum absolute atomic E-state index is 0.634. The van der Waals surface area contributed by atoms with Crippen LogP contribution in [0.25, 0.3) is 11.1 Å². The van der Waals surface area contributed by atoms with E-state index in [0.717, 1.165) is 36.6 Å². The molecule has 0 atom stereocenters. The van der Waals surface area contributed by atoms with Crippen LogP contribution in [0.15, 0.2) is 35.0 Å². The maximum atomic E-state index is 5.78. The average molecular weight is 255 g/mol. The molecular formula is C13H13N5O. The number of nitrogen functional groups attached to an aromatic ring is 1. The van der Waals surface area contributed by atoms with Crippen LogP contribution in [0.1, 0.15) is 5.82 Å². The summed E-state index contributed by atoms with van der Waals surface area (Å²) < 4.78 is 7.93. The van der Waals surface area contributed by atoms with Crippen LogP contribution in [0.4, 0.5) is 11.7 Å². The molecule has 6 heteroatoms. The van der Waals surface area contributed by atoms with Gasteiger partial charge >= 0.3 is 0 Å². The van der Waals surface area contributed by atoms with E-state index in [1.165, 1.54) is 0 Å². The van der Waals surface area contributed by atoms with Crippen molar-refractivity contribution in [1.29, 1.82) is 0 Å². The Morgan fingerprint density at radius 3 is 3.16 bits per heavy atom. The summed E-state index contributed by atoms with van der Waals surface area (Å²) >= 11 is 0. The van der Waals surface area contributed by atoms with Crippen LogP contribution in [-0.2, 0) is 13.1 Å². The first-order valence-electron chi connectivity index (χ1n) is 6.20. The first kappa shape index (κ1) is 10.4. The quantitative estimate of drug-likeness (QED) is 0.669. The largest absolute Gasteiger partial charge is 0.423 e. The summed E-state index contributed by atoms with van der Waals surface area (Å²) in [7, 11) is 0. The predicted octanol–water partition coefficient (Wildman–Crippen LogP) is 1.63. The molecule has 4 rings (SSSR count). The van der Waals surface area contributed by atoms with Crippen LogP contribution in [0.5, 0.6) is 0 Å². The number of aromatic nitrogens is 3. The molecule has 0 spiro atoms. The Hall–Kier alpha value is -2.50. The molecule has 2 aromatic heterocycles. The number of rotatable bonds is 1. The number of imidazole rings is 1. The maximum absolute atomic E-state index is 5.78. The first-order valence-corrected chi connectivity index (χ1v) is 6.20. The molecule has 96 valence electrons. The molecule has 1 aliphatic rings. The summed E-state index contributed by atoms with van der Waals surface area (Å²) in [4.78, 5) is 10.9. The third kappa shape index (κ3) is 1.64. The molecule has 3 heterocycles. The summed E-state index contributed by atoms with van der Waals surface area (Å²) in [6.45, 7) is 2.48. The molecule has 0 bridgehead atoms. The third-order valence-corrected chi connectivity index (χ3v) is 3.42. The SMILES string of the molecule is Nc1ccc2nc(N3CCn4ccnc4C3)oc2c1. The van der Waals surface area contributed by atoms with Gasteiger partial charge in [0, 0.05) is 37.2 Å². The zero-order valence-corrected chi connectivity index (χ0v) is 10.3. The Labute approximate surface area is 109 Å². The van der Waals surface area contributed by atoms with Crippen molar-refractivity contribution in [3.05, 3.63) is 36.4 Å². The fourth-order valence-corrected chi connectivity index (χ4v) is 2.40. The average Bonchev–Trinajstić information content (AvgIpc) is 3.02. The van der Waals surface area contributed by atoms with Crippen molar-refractivity contribution in [1.82, 2.24) is 14.5 Å². The molecule has 0 amide bonds. The monoisotopic (exact) mass is 255 g/mol. The van der Waals surface area contributed by atoms with Crippen molar-refractivity contribution in [2.75, 3.05) is 17.2 Å². The Bertz CT molecular complexity index is 744. The van der Waals surface area contributed by atoms with Crippen molar-refractivity contribution in [3.8, 4) is 0 Å². The standard InChI is InChI=1S/C13H13N5O/c14-9-1-2-10-11(7-9)19-13(16-10)18-6-5-17-4-3-15-12(17)8-18/h1-4,7H,5-6,8,14H2. The Kier molecular flexibility index (Phi) is 2.05. The van der Waals surface area contributed by atoms with E-state index in [0.29, 0.717) is 11.7 Å². The van der Waals surface area contributed by atoms with Gasteiger partial charge in [0.1, 0.15) is 11.3 Å². The van der Waals surface area contributed by atoms with Crippen molar-refractivity contribution in [3.63, 3.8) is 0 Å². The molecule has 19 heavy (non-hydrogen) atoms. The molecule has 0 aliphatic carbocycles. The van der Waals surface area contributed by atoms with E-state index in [1.807, 2.05) is 24.5 Å². The Balaban J connectivity index is 1.71. The lowest BCUT2D eigenvalue weighted by Gasteiger charge is -2.25. The number of hydrogen-bond donors (Lipinski definition) is 1. The zero-order chi connectivity index (χ0) is 12.8.